The van der Waals surface area contributed by atoms with Crippen LogP contribution in [0.3, 0.4) is 0 Å². The summed E-state index contributed by atoms with van der Waals surface area (Å²) >= 11 is 0. The smallest absolute Gasteiger partial charge is 0.317 e. The number of aromatic nitrogens is 1. The number of hydrogen-bond donors (Lipinski definition) is 1. The van der Waals surface area contributed by atoms with Gasteiger partial charge in [-0.2, -0.15) is 0 Å². The number of aliphatic carboxylic acids is 1. The molecular weight excluding hydrogens is 248 g/mol. The molecule has 0 bridgehead atoms. The van der Waals surface area contributed by atoms with Crippen LogP contribution in [0.5, 0.6) is 0 Å². The summed E-state index contributed by atoms with van der Waals surface area (Å²) in [6.45, 7) is 0. The van der Waals surface area contributed by atoms with Crippen LogP contribution in [0.4, 0.5) is 5.69 Å². The van der Waals surface area contributed by atoms with Gasteiger partial charge in [0.15, 0.2) is 0 Å². The number of benzene rings is 1. The van der Waals surface area contributed by atoms with Crippen molar-refractivity contribution < 1.29 is 14.8 Å². The molecular formula is C13H12N2O4. The number of nitro groups is 1. The van der Waals surface area contributed by atoms with Crippen LogP contribution in [0.2, 0.25) is 0 Å². The number of non-ortho nitro benzene ring substituents is 1. The van der Waals surface area contributed by atoms with Gasteiger partial charge < -0.3 is 9.67 Å². The van der Waals surface area contributed by atoms with Crippen LogP contribution >= 0.6 is 0 Å². The quantitative estimate of drug-likeness (QED) is 0.674. The highest BCUT2D eigenvalue weighted by Crippen LogP contribution is 2.26. The van der Waals surface area contributed by atoms with E-state index in [1.54, 1.807) is 29.9 Å². The van der Waals surface area contributed by atoms with Crippen molar-refractivity contribution in [3.8, 4) is 0 Å². The summed E-state index contributed by atoms with van der Waals surface area (Å²) in [6, 6.07) is 9.06. The normalized spacial score (nSPS) is 12.1. The van der Waals surface area contributed by atoms with Gasteiger partial charge in [-0.05, 0) is 17.7 Å². The Kier molecular flexibility index (Phi) is 3.33. The van der Waals surface area contributed by atoms with Gasteiger partial charge in [0.25, 0.3) is 5.69 Å². The van der Waals surface area contributed by atoms with Crippen molar-refractivity contribution >= 4 is 11.7 Å². The Morgan fingerprint density at radius 3 is 2.37 bits per heavy atom. The predicted molar refractivity (Wildman–Crippen MR) is 68.0 cm³/mol. The predicted octanol–water partition coefficient (Wildman–Crippen LogP) is 2.15. The first kappa shape index (κ1) is 12.8. The Morgan fingerprint density at radius 2 is 1.95 bits per heavy atom. The van der Waals surface area contributed by atoms with Crippen LogP contribution in [0.15, 0.2) is 42.6 Å². The van der Waals surface area contributed by atoms with Crippen LogP contribution in [0, 0.1) is 10.1 Å². The first-order valence-electron chi connectivity index (χ1n) is 5.59. The molecule has 0 fully saturated rings. The Bertz CT molecular complexity index is 616. The number of nitrogens with zero attached hydrogens (tertiary/aromatic N) is 2. The molecule has 0 saturated carbocycles. The largest absolute Gasteiger partial charge is 0.480 e. The zero-order valence-corrected chi connectivity index (χ0v) is 10.2. The maximum Gasteiger partial charge on any atom is 0.317 e. The Labute approximate surface area is 109 Å². The molecule has 1 heterocycles. The first-order chi connectivity index (χ1) is 9.00. The summed E-state index contributed by atoms with van der Waals surface area (Å²) in [4.78, 5) is 21.5. The van der Waals surface area contributed by atoms with Gasteiger partial charge in [0, 0.05) is 31.1 Å². The molecule has 1 aromatic carbocycles. The third-order valence-electron chi connectivity index (χ3n) is 2.96. The monoisotopic (exact) mass is 260 g/mol. The van der Waals surface area contributed by atoms with Crippen molar-refractivity contribution in [2.75, 3.05) is 0 Å². The van der Waals surface area contributed by atoms with Crippen molar-refractivity contribution in [3.63, 3.8) is 0 Å². The Hall–Kier alpha value is -2.63. The van der Waals surface area contributed by atoms with E-state index in [1.807, 2.05) is 0 Å². The fourth-order valence-electron chi connectivity index (χ4n) is 2.00. The third kappa shape index (κ3) is 2.47. The average molecular weight is 260 g/mol. The lowest BCUT2D eigenvalue weighted by Crippen LogP contribution is -2.16. The first-order valence-corrected chi connectivity index (χ1v) is 5.59. The van der Waals surface area contributed by atoms with Gasteiger partial charge in [-0.3, -0.25) is 14.9 Å². The van der Waals surface area contributed by atoms with E-state index in [9.17, 15) is 20.0 Å². The molecule has 0 amide bonds. The summed E-state index contributed by atoms with van der Waals surface area (Å²) in [6.07, 6.45) is 1.76. The second kappa shape index (κ2) is 4.93. The number of rotatable bonds is 4. The molecule has 0 radical (unpaired) electrons. The van der Waals surface area contributed by atoms with E-state index in [4.69, 9.17) is 0 Å². The van der Waals surface area contributed by atoms with E-state index in [0.29, 0.717) is 11.3 Å². The summed E-state index contributed by atoms with van der Waals surface area (Å²) in [5.41, 5.74) is 1.08. The van der Waals surface area contributed by atoms with Crippen LogP contribution in [0.25, 0.3) is 0 Å². The molecule has 0 aliphatic heterocycles. The third-order valence-corrected chi connectivity index (χ3v) is 2.96. The fourth-order valence-corrected chi connectivity index (χ4v) is 2.00. The van der Waals surface area contributed by atoms with Crippen molar-refractivity contribution in [1.29, 1.82) is 0 Å². The van der Waals surface area contributed by atoms with Gasteiger partial charge in [0.05, 0.1) is 4.92 Å². The minimum absolute atomic E-state index is 0.0558. The van der Waals surface area contributed by atoms with Gasteiger partial charge in [0.2, 0.25) is 0 Å². The van der Waals surface area contributed by atoms with E-state index in [0.717, 1.165) is 0 Å². The van der Waals surface area contributed by atoms with Crippen LogP contribution < -0.4 is 0 Å². The van der Waals surface area contributed by atoms with Crippen molar-refractivity contribution in [3.05, 3.63) is 64.0 Å². The number of carboxylic acid groups (broad SMARTS) is 1. The SMILES string of the molecule is Cn1cccc1C(C(=O)O)c1ccc([N+](=O)[O-])cc1. The zero-order chi connectivity index (χ0) is 14.0. The molecule has 0 aliphatic carbocycles. The van der Waals surface area contributed by atoms with Gasteiger partial charge in [-0.1, -0.05) is 12.1 Å². The second-order valence-corrected chi connectivity index (χ2v) is 4.16. The van der Waals surface area contributed by atoms with Gasteiger partial charge in [0.1, 0.15) is 5.92 Å². The maximum absolute atomic E-state index is 11.4. The fraction of sp³-hybridized carbons (Fsp3) is 0.154. The highest BCUT2D eigenvalue weighted by Gasteiger charge is 2.24. The average Bonchev–Trinajstić information content (AvgIpc) is 2.76. The van der Waals surface area contributed by atoms with Crippen LogP contribution in [-0.4, -0.2) is 20.6 Å². The van der Waals surface area contributed by atoms with Gasteiger partial charge >= 0.3 is 5.97 Å². The molecule has 0 spiro atoms. The van der Waals surface area contributed by atoms with Crippen LogP contribution in [-0.2, 0) is 11.8 Å². The molecule has 6 nitrogen and oxygen atoms in total. The molecule has 1 N–H and O–H groups in total. The Balaban J connectivity index is 2.43. The van der Waals surface area contributed by atoms with Crippen LogP contribution in [0.1, 0.15) is 17.2 Å². The minimum Gasteiger partial charge on any atom is -0.480 e. The number of aryl methyl sites for hydroxylation is 1. The molecule has 98 valence electrons. The maximum atomic E-state index is 11.4. The van der Waals surface area contributed by atoms with E-state index in [2.05, 4.69) is 0 Å². The topological polar surface area (TPSA) is 85.4 Å². The number of hydrogen-bond acceptors (Lipinski definition) is 3. The molecule has 1 aromatic heterocycles. The molecule has 0 aliphatic rings. The number of carbonyl (C=O) groups is 1. The van der Waals surface area contributed by atoms with Crippen molar-refractivity contribution in [2.24, 2.45) is 7.05 Å². The van der Waals surface area contributed by atoms with Crippen molar-refractivity contribution in [2.45, 2.75) is 5.92 Å². The van der Waals surface area contributed by atoms with Crippen molar-refractivity contribution in [1.82, 2.24) is 4.57 Å². The summed E-state index contributed by atoms with van der Waals surface area (Å²) in [5, 5.41) is 19.9. The molecule has 1 atom stereocenters. The van der Waals surface area contributed by atoms with E-state index in [-0.39, 0.29) is 5.69 Å². The summed E-state index contributed by atoms with van der Waals surface area (Å²) in [7, 11) is 1.76. The lowest BCUT2D eigenvalue weighted by atomic mass is 9.95. The standard InChI is InChI=1S/C13H12N2O4/c1-14-8-2-3-11(14)12(13(16)17)9-4-6-10(7-5-9)15(18)19/h2-8,12H,1H3,(H,16,17). The molecule has 2 rings (SSSR count). The Morgan fingerprint density at radius 1 is 1.32 bits per heavy atom. The highest BCUT2D eigenvalue weighted by atomic mass is 16.6. The molecule has 1 unspecified atom stereocenters. The van der Waals surface area contributed by atoms with E-state index < -0.39 is 16.8 Å². The zero-order valence-electron chi connectivity index (χ0n) is 10.2. The molecule has 2 aromatic rings. The van der Waals surface area contributed by atoms with E-state index in [1.165, 1.54) is 24.3 Å². The summed E-state index contributed by atoms with van der Waals surface area (Å²) < 4.78 is 1.72. The minimum atomic E-state index is -0.990. The highest BCUT2D eigenvalue weighted by molar-refractivity contribution is 5.80. The summed E-state index contributed by atoms with van der Waals surface area (Å²) in [5.74, 6) is -1.82. The second-order valence-electron chi connectivity index (χ2n) is 4.16. The molecule has 19 heavy (non-hydrogen) atoms. The molecule has 0 saturated heterocycles. The molecule has 6 heteroatoms. The number of nitro benzene ring substituents is 1. The van der Waals surface area contributed by atoms with E-state index >= 15 is 0 Å². The van der Waals surface area contributed by atoms with Gasteiger partial charge in [-0.25, -0.2) is 0 Å². The lowest BCUT2D eigenvalue weighted by Gasteiger charge is -2.13. The number of carboxylic acids is 1. The van der Waals surface area contributed by atoms with Gasteiger partial charge in [-0.15, -0.1) is 0 Å². The lowest BCUT2D eigenvalue weighted by molar-refractivity contribution is -0.384.